The Morgan fingerprint density at radius 3 is 2.16 bits per heavy atom. The molecule has 3 rings (SSSR count). The van der Waals surface area contributed by atoms with Gasteiger partial charge in [-0.3, -0.25) is 10.1 Å². The van der Waals surface area contributed by atoms with Crippen molar-refractivity contribution in [2.75, 3.05) is 0 Å². The Kier molecular flexibility index (Phi) is 4.27. The van der Waals surface area contributed by atoms with E-state index >= 15 is 0 Å². The lowest BCUT2D eigenvalue weighted by molar-refractivity contribution is -0.532. The van der Waals surface area contributed by atoms with Crippen molar-refractivity contribution in [3.8, 4) is 12.1 Å². The highest BCUT2D eigenvalue weighted by molar-refractivity contribution is 6.30. The predicted octanol–water partition coefficient (Wildman–Crippen LogP) is 4.20. The average molecular weight is 350 g/mol. The standard InChI is InChI=1S/C19H12ClN3O2/c20-15-8-6-13(7-9-15)16-10-17(14-4-2-1-3-5-14)19(11-21,12-22)18(16)23(24)25/h1-10,16,18H. The zero-order chi connectivity index (χ0) is 18.0. The van der Waals surface area contributed by atoms with Gasteiger partial charge in [0.25, 0.3) is 6.04 Å². The Morgan fingerprint density at radius 2 is 1.64 bits per heavy atom. The lowest BCUT2D eigenvalue weighted by Crippen LogP contribution is -2.39. The quantitative estimate of drug-likeness (QED) is 0.613. The summed E-state index contributed by atoms with van der Waals surface area (Å²) < 4.78 is 0. The zero-order valence-electron chi connectivity index (χ0n) is 13.0. The minimum absolute atomic E-state index is 0.375. The van der Waals surface area contributed by atoms with Crippen molar-refractivity contribution < 1.29 is 4.92 Å². The van der Waals surface area contributed by atoms with Gasteiger partial charge in [0.2, 0.25) is 5.41 Å². The van der Waals surface area contributed by atoms with Gasteiger partial charge in [-0.2, -0.15) is 10.5 Å². The van der Waals surface area contributed by atoms with Crippen LogP contribution in [-0.2, 0) is 0 Å². The van der Waals surface area contributed by atoms with Crippen LogP contribution in [0, 0.1) is 38.2 Å². The lowest BCUT2D eigenvalue weighted by atomic mass is 9.75. The van der Waals surface area contributed by atoms with Crippen molar-refractivity contribution in [1.82, 2.24) is 0 Å². The first kappa shape index (κ1) is 16.7. The fraction of sp³-hybridized carbons (Fsp3) is 0.158. The molecule has 0 bridgehead atoms. The molecule has 122 valence electrons. The molecule has 2 aromatic rings. The first-order chi connectivity index (χ1) is 12.0. The normalized spacial score (nSPS) is 21.0. The van der Waals surface area contributed by atoms with Gasteiger partial charge >= 0.3 is 0 Å². The first-order valence-electron chi connectivity index (χ1n) is 7.52. The molecule has 0 radical (unpaired) electrons. The summed E-state index contributed by atoms with van der Waals surface area (Å²) in [6.45, 7) is 0. The van der Waals surface area contributed by atoms with E-state index in [0.717, 1.165) is 0 Å². The summed E-state index contributed by atoms with van der Waals surface area (Å²) in [6, 6.07) is 18.0. The Balaban J connectivity index is 2.23. The van der Waals surface area contributed by atoms with E-state index in [1.807, 2.05) is 12.1 Å². The second kappa shape index (κ2) is 6.39. The fourth-order valence-corrected chi connectivity index (χ4v) is 3.43. The Labute approximate surface area is 149 Å². The van der Waals surface area contributed by atoms with Crippen LogP contribution in [0.25, 0.3) is 5.57 Å². The van der Waals surface area contributed by atoms with Crippen LogP contribution < -0.4 is 0 Å². The van der Waals surface area contributed by atoms with Gasteiger partial charge in [0, 0.05) is 9.95 Å². The summed E-state index contributed by atoms with van der Waals surface area (Å²) in [4.78, 5) is 11.3. The maximum Gasteiger partial charge on any atom is 0.258 e. The van der Waals surface area contributed by atoms with Crippen LogP contribution in [0.2, 0.25) is 5.02 Å². The molecule has 0 fully saturated rings. The van der Waals surface area contributed by atoms with Crippen LogP contribution >= 0.6 is 11.6 Å². The Morgan fingerprint density at radius 1 is 1.04 bits per heavy atom. The molecule has 0 saturated heterocycles. The van der Waals surface area contributed by atoms with Crippen LogP contribution in [-0.4, -0.2) is 11.0 Å². The zero-order valence-corrected chi connectivity index (χ0v) is 13.7. The number of nitro groups is 1. The third kappa shape index (κ3) is 2.65. The molecule has 0 saturated carbocycles. The van der Waals surface area contributed by atoms with Crippen LogP contribution in [0.3, 0.4) is 0 Å². The number of benzene rings is 2. The van der Waals surface area contributed by atoms with Crippen molar-refractivity contribution in [1.29, 1.82) is 10.5 Å². The van der Waals surface area contributed by atoms with Crippen molar-refractivity contribution in [3.05, 3.63) is 86.9 Å². The van der Waals surface area contributed by atoms with Crippen LogP contribution in [0.4, 0.5) is 0 Å². The highest BCUT2D eigenvalue weighted by Gasteiger charge is 2.60. The van der Waals surface area contributed by atoms with Crippen LogP contribution in [0.5, 0.6) is 0 Å². The SMILES string of the molecule is N#CC1(C#N)C(c2ccccc2)=CC(c2ccc(Cl)cc2)C1[N+](=O)[O-]. The van der Waals surface area contributed by atoms with E-state index in [2.05, 4.69) is 0 Å². The average Bonchev–Trinajstić information content (AvgIpc) is 2.99. The molecule has 0 aliphatic heterocycles. The highest BCUT2D eigenvalue weighted by atomic mass is 35.5. The maximum absolute atomic E-state index is 11.8. The third-order valence-electron chi connectivity index (χ3n) is 4.47. The second-order valence-corrected chi connectivity index (χ2v) is 6.22. The van der Waals surface area contributed by atoms with Gasteiger partial charge in [0.1, 0.15) is 0 Å². The van der Waals surface area contributed by atoms with Gasteiger partial charge in [0.15, 0.2) is 0 Å². The minimum atomic E-state index is -1.85. The molecule has 2 unspecified atom stereocenters. The smallest absolute Gasteiger partial charge is 0.258 e. The fourth-order valence-electron chi connectivity index (χ4n) is 3.30. The molecule has 6 heteroatoms. The minimum Gasteiger partial charge on any atom is -0.264 e. The monoisotopic (exact) mass is 349 g/mol. The molecular weight excluding hydrogens is 338 g/mol. The number of nitrogens with zero attached hydrogens (tertiary/aromatic N) is 3. The van der Waals surface area contributed by atoms with Gasteiger partial charge in [-0.25, -0.2) is 0 Å². The van der Waals surface area contributed by atoms with E-state index in [-0.39, 0.29) is 0 Å². The number of halogens is 1. The van der Waals surface area contributed by atoms with Crippen molar-refractivity contribution in [2.24, 2.45) is 5.41 Å². The third-order valence-corrected chi connectivity index (χ3v) is 4.73. The Bertz CT molecular complexity index is 910. The molecule has 0 spiro atoms. The van der Waals surface area contributed by atoms with Crippen molar-refractivity contribution >= 4 is 17.2 Å². The molecule has 0 aromatic heterocycles. The van der Waals surface area contributed by atoms with Crippen LogP contribution in [0.1, 0.15) is 17.0 Å². The summed E-state index contributed by atoms with van der Waals surface area (Å²) in [7, 11) is 0. The molecule has 0 amide bonds. The van der Waals surface area contributed by atoms with Crippen LogP contribution in [0.15, 0.2) is 60.7 Å². The summed E-state index contributed by atoms with van der Waals surface area (Å²) in [6.07, 6.45) is 1.67. The van der Waals surface area contributed by atoms with Gasteiger partial charge in [-0.05, 0) is 28.8 Å². The number of rotatable bonds is 3. The number of hydrogen-bond donors (Lipinski definition) is 0. The Hall–Kier alpha value is -3.15. The molecule has 1 aliphatic carbocycles. The number of hydrogen-bond acceptors (Lipinski definition) is 4. The molecule has 2 aromatic carbocycles. The topological polar surface area (TPSA) is 90.7 Å². The molecular formula is C19H12ClN3O2. The molecule has 1 aliphatic rings. The summed E-state index contributed by atoms with van der Waals surface area (Å²) in [5, 5.41) is 31.8. The van der Waals surface area contributed by atoms with E-state index in [1.165, 1.54) is 0 Å². The van der Waals surface area contributed by atoms with Crippen molar-refractivity contribution in [2.45, 2.75) is 12.0 Å². The first-order valence-corrected chi connectivity index (χ1v) is 7.90. The number of nitriles is 2. The van der Waals surface area contributed by atoms with E-state index in [1.54, 1.807) is 60.7 Å². The largest absolute Gasteiger partial charge is 0.264 e. The van der Waals surface area contributed by atoms with Gasteiger partial charge in [-0.1, -0.05) is 60.1 Å². The maximum atomic E-state index is 11.8. The van der Waals surface area contributed by atoms with E-state index in [9.17, 15) is 20.6 Å². The molecule has 25 heavy (non-hydrogen) atoms. The predicted molar refractivity (Wildman–Crippen MR) is 93.1 cm³/mol. The summed E-state index contributed by atoms with van der Waals surface area (Å²) in [5.41, 5.74) is -0.199. The van der Waals surface area contributed by atoms with E-state index in [4.69, 9.17) is 11.6 Å². The molecule has 0 N–H and O–H groups in total. The molecule has 5 nitrogen and oxygen atoms in total. The van der Waals surface area contributed by atoms with Crippen molar-refractivity contribution in [3.63, 3.8) is 0 Å². The lowest BCUT2D eigenvalue weighted by Gasteiger charge is -2.22. The molecule has 0 heterocycles. The van der Waals surface area contributed by atoms with Gasteiger partial charge < -0.3 is 0 Å². The second-order valence-electron chi connectivity index (χ2n) is 5.79. The summed E-state index contributed by atoms with van der Waals surface area (Å²) in [5.74, 6) is -0.693. The summed E-state index contributed by atoms with van der Waals surface area (Å²) >= 11 is 5.90. The van der Waals surface area contributed by atoms with Gasteiger partial charge in [-0.15, -0.1) is 0 Å². The van der Waals surface area contributed by atoms with E-state index in [0.29, 0.717) is 21.7 Å². The van der Waals surface area contributed by atoms with E-state index < -0.39 is 22.3 Å². The highest BCUT2D eigenvalue weighted by Crippen LogP contribution is 2.51. The van der Waals surface area contributed by atoms with Gasteiger partial charge in [0.05, 0.1) is 18.1 Å². The molecule has 2 atom stereocenters.